The largest absolute Gasteiger partial charge is 0.396 e. The fraction of sp³-hybridized carbons (Fsp3) is 0.200. The first-order valence-corrected chi connectivity index (χ1v) is 6.06. The summed E-state index contributed by atoms with van der Waals surface area (Å²) in [4.78, 5) is 0. The molecule has 0 radical (unpaired) electrons. The van der Waals surface area contributed by atoms with Crippen LogP contribution in [0.2, 0.25) is 0 Å². The molecule has 2 rings (SSSR count). The lowest BCUT2D eigenvalue weighted by Crippen LogP contribution is -2.02. The zero-order valence-corrected chi connectivity index (χ0v) is 10.4. The zero-order chi connectivity index (χ0) is 13.7. The maximum atomic E-state index is 13.4. The number of halogens is 2. The van der Waals surface area contributed by atoms with E-state index in [2.05, 4.69) is 5.32 Å². The fourth-order valence-electron chi connectivity index (χ4n) is 1.79. The van der Waals surface area contributed by atoms with E-state index >= 15 is 0 Å². The van der Waals surface area contributed by atoms with Crippen LogP contribution in [0.25, 0.3) is 0 Å². The van der Waals surface area contributed by atoms with Gasteiger partial charge in [0.05, 0.1) is 0 Å². The Morgan fingerprint density at radius 1 is 1.00 bits per heavy atom. The van der Waals surface area contributed by atoms with E-state index in [-0.39, 0.29) is 13.2 Å². The van der Waals surface area contributed by atoms with Crippen LogP contribution in [0.15, 0.2) is 42.5 Å². The summed E-state index contributed by atoms with van der Waals surface area (Å²) in [6, 6.07) is 10.9. The zero-order valence-electron chi connectivity index (χ0n) is 10.4. The normalized spacial score (nSPS) is 10.5. The van der Waals surface area contributed by atoms with Gasteiger partial charge in [0.2, 0.25) is 0 Å². The van der Waals surface area contributed by atoms with Gasteiger partial charge in [0.25, 0.3) is 0 Å². The Morgan fingerprint density at radius 2 is 1.74 bits per heavy atom. The highest BCUT2D eigenvalue weighted by Gasteiger charge is 2.03. The van der Waals surface area contributed by atoms with E-state index in [4.69, 9.17) is 5.11 Å². The van der Waals surface area contributed by atoms with Gasteiger partial charge in [-0.2, -0.15) is 0 Å². The highest BCUT2D eigenvalue weighted by Crippen LogP contribution is 2.14. The minimum Gasteiger partial charge on any atom is -0.396 e. The van der Waals surface area contributed by atoms with E-state index in [1.807, 2.05) is 24.3 Å². The van der Waals surface area contributed by atoms with Crippen molar-refractivity contribution in [2.24, 2.45) is 0 Å². The molecule has 0 atom stereocenters. The highest BCUT2D eigenvalue weighted by atomic mass is 19.1. The van der Waals surface area contributed by atoms with Crippen LogP contribution in [-0.4, -0.2) is 11.7 Å². The van der Waals surface area contributed by atoms with Crippen molar-refractivity contribution in [2.75, 3.05) is 11.9 Å². The maximum absolute atomic E-state index is 13.4. The standard InChI is InChI=1S/C15H15F2NO/c16-13-3-6-15(17)12(9-13)10-18-14-4-1-11(2-5-14)7-8-19/h1-6,9,18-19H,7-8,10H2. The van der Waals surface area contributed by atoms with E-state index in [0.29, 0.717) is 12.0 Å². The van der Waals surface area contributed by atoms with E-state index in [1.165, 1.54) is 6.07 Å². The molecular formula is C15H15F2NO. The van der Waals surface area contributed by atoms with Gasteiger partial charge >= 0.3 is 0 Å². The third-order valence-electron chi connectivity index (χ3n) is 2.85. The van der Waals surface area contributed by atoms with Gasteiger partial charge in [0.1, 0.15) is 11.6 Å². The van der Waals surface area contributed by atoms with Crippen molar-refractivity contribution < 1.29 is 13.9 Å². The Bertz CT molecular complexity index is 540. The number of rotatable bonds is 5. The average Bonchev–Trinajstić information content (AvgIpc) is 2.42. The Balaban J connectivity index is 2.00. The first kappa shape index (κ1) is 13.5. The summed E-state index contributed by atoms with van der Waals surface area (Å²) in [6.07, 6.45) is 0.610. The molecule has 0 amide bonds. The molecule has 0 saturated carbocycles. The molecule has 19 heavy (non-hydrogen) atoms. The van der Waals surface area contributed by atoms with Crippen molar-refractivity contribution in [3.8, 4) is 0 Å². The molecule has 0 unspecified atom stereocenters. The van der Waals surface area contributed by atoms with Crippen LogP contribution < -0.4 is 5.32 Å². The summed E-state index contributed by atoms with van der Waals surface area (Å²) in [5, 5.41) is 11.8. The van der Waals surface area contributed by atoms with Gasteiger partial charge in [-0.15, -0.1) is 0 Å². The van der Waals surface area contributed by atoms with Crippen molar-refractivity contribution >= 4 is 5.69 Å². The molecule has 0 saturated heterocycles. The second-order valence-electron chi connectivity index (χ2n) is 4.26. The molecule has 0 aliphatic rings. The molecule has 0 heterocycles. The minimum atomic E-state index is -0.448. The minimum absolute atomic E-state index is 0.112. The quantitative estimate of drug-likeness (QED) is 0.868. The van der Waals surface area contributed by atoms with Gasteiger partial charge in [-0.1, -0.05) is 12.1 Å². The molecule has 2 nitrogen and oxygen atoms in total. The molecule has 0 aliphatic heterocycles. The number of hydrogen-bond donors (Lipinski definition) is 2. The van der Waals surface area contributed by atoms with E-state index in [9.17, 15) is 8.78 Å². The molecule has 2 aromatic carbocycles. The van der Waals surface area contributed by atoms with Gasteiger partial charge in [0.15, 0.2) is 0 Å². The predicted molar refractivity (Wildman–Crippen MR) is 70.9 cm³/mol. The van der Waals surface area contributed by atoms with E-state index in [1.54, 1.807) is 0 Å². The molecule has 2 N–H and O–H groups in total. The molecule has 2 aromatic rings. The van der Waals surface area contributed by atoms with Crippen LogP contribution in [0.5, 0.6) is 0 Å². The van der Waals surface area contributed by atoms with Crippen LogP contribution in [0.4, 0.5) is 14.5 Å². The number of aliphatic hydroxyl groups excluding tert-OH is 1. The Morgan fingerprint density at radius 3 is 2.42 bits per heavy atom. The first-order chi connectivity index (χ1) is 9.19. The Hall–Kier alpha value is -1.94. The molecule has 0 spiro atoms. The fourth-order valence-corrected chi connectivity index (χ4v) is 1.79. The summed E-state index contributed by atoms with van der Waals surface area (Å²) in [6.45, 7) is 0.338. The third-order valence-corrected chi connectivity index (χ3v) is 2.85. The van der Waals surface area contributed by atoms with Crippen LogP contribution in [0.3, 0.4) is 0 Å². The van der Waals surface area contributed by atoms with Crippen molar-refractivity contribution in [3.63, 3.8) is 0 Å². The smallest absolute Gasteiger partial charge is 0.128 e. The summed E-state index contributed by atoms with van der Waals surface area (Å²) in [7, 11) is 0. The SMILES string of the molecule is OCCc1ccc(NCc2cc(F)ccc2F)cc1. The molecule has 0 fully saturated rings. The molecule has 4 heteroatoms. The van der Waals surface area contributed by atoms with Crippen molar-refractivity contribution in [1.29, 1.82) is 0 Å². The predicted octanol–water partition coefficient (Wildman–Crippen LogP) is 3.11. The number of nitrogens with one attached hydrogen (secondary N) is 1. The van der Waals surface area contributed by atoms with E-state index in [0.717, 1.165) is 23.4 Å². The van der Waals surface area contributed by atoms with Crippen molar-refractivity contribution in [2.45, 2.75) is 13.0 Å². The molecular weight excluding hydrogens is 248 g/mol. The lowest BCUT2D eigenvalue weighted by atomic mass is 10.1. The molecule has 0 bridgehead atoms. The van der Waals surface area contributed by atoms with Gasteiger partial charge < -0.3 is 10.4 Å². The lowest BCUT2D eigenvalue weighted by molar-refractivity contribution is 0.299. The highest BCUT2D eigenvalue weighted by molar-refractivity contribution is 5.45. The average molecular weight is 263 g/mol. The van der Waals surface area contributed by atoms with Crippen LogP contribution in [0, 0.1) is 11.6 Å². The first-order valence-electron chi connectivity index (χ1n) is 6.06. The number of benzene rings is 2. The molecule has 100 valence electrons. The number of hydrogen-bond acceptors (Lipinski definition) is 2. The lowest BCUT2D eigenvalue weighted by Gasteiger charge is -2.08. The topological polar surface area (TPSA) is 32.3 Å². The summed E-state index contributed by atoms with van der Waals surface area (Å²) in [5.41, 5.74) is 2.15. The second-order valence-corrected chi connectivity index (χ2v) is 4.26. The van der Waals surface area contributed by atoms with Gasteiger partial charge in [-0.3, -0.25) is 0 Å². The summed E-state index contributed by atoms with van der Waals surface area (Å²) >= 11 is 0. The number of anilines is 1. The summed E-state index contributed by atoms with van der Waals surface area (Å²) in [5.74, 6) is -0.873. The third kappa shape index (κ3) is 3.76. The van der Waals surface area contributed by atoms with Gasteiger partial charge in [-0.05, 0) is 42.3 Å². The summed E-state index contributed by atoms with van der Waals surface area (Å²) < 4.78 is 26.4. The Kier molecular flexibility index (Phi) is 4.47. The second kappa shape index (κ2) is 6.29. The van der Waals surface area contributed by atoms with Gasteiger partial charge in [-0.25, -0.2) is 8.78 Å². The van der Waals surface area contributed by atoms with Crippen molar-refractivity contribution in [3.05, 3.63) is 65.2 Å². The number of aliphatic hydroxyl groups is 1. The maximum Gasteiger partial charge on any atom is 0.128 e. The van der Waals surface area contributed by atoms with E-state index < -0.39 is 11.6 Å². The van der Waals surface area contributed by atoms with Gasteiger partial charge in [0, 0.05) is 24.4 Å². The molecule has 0 aromatic heterocycles. The molecule has 0 aliphatic carbocycles. The van der Waals surface area contributed by atoms with Crippen LogP contribution in [-0.2, 0) is 13.0 Å². The van der Waals surface area contributed by atoms with Crippen LogP contribution >= 0.6 is 0 Å². The van der Waals surface area contributed by atoms with Crippen molar-refractivity contribution in [1.82, 2.24) is 0 Å². The monoisotopic (exact) mass is 263 g/mol. The van der Waals surface area contributed by atoms with Crippen LogP contribution in [0.1, 0.15) is 11.1 Å². The Labute approximate surface area is 110 Å².